The smallest absolute Gasteiger partial charge is 0.132 e. The Hall–Kier alpha value is -0.850. The maximum atomic E-state index is 5.53. The first-order valence-corrected chi connectivity index (χ1v) is 9.22. The van der Waals surface area contributed by atoms with E-state index in [1.807, 2.05) is 6.92 Å². The van der Waals surface area contributed by atoms with Gasteiger partial charge in [0, 0.05) is 42.2 Å². The molecular weight excluding hydrogens is 296 g/mol. The van der Waals surface area contributed by atoms with Crippen molar-refractivity contribution in [2.24, 2.45) is 0 Å². The number of ether oxygens (including phenoxy) is 1. The van der Waals surface area contributed by atoms with Crippen molar-refractivity contribution < 1.29 is 4.74 Å². The Bertz CT molecular complexity index is 525. The van der Waals surface area contributed by atoms with E-state index in [-0.39, 0.29) is 5.54 Å². The second-order valence-corrected chi connectivity index (χ2v) is 7.41. The number of nitrogens with zero attached hydrogens (tertiary/aromatic N) is 3. The molecule has 5 nitrogen and oxygen atoms in total. The highest BCUT2D eigenvalue weighted by molar-refractivity contribution is 7.99. The molecule has 22 heavy (non-hydrogen) atoms. The minimum atomic E-state index is 0.244. The Morgan fingerprint density at radius 3 is 2.68 bits per heavy atom. The molecule has 1 aromatic heterocycles. The molecule has 1 N–H and O–H groups in total. The Morgan fingerprint density at radius 2 is 2.00 bits per heavy atom. The van der Waals surface area contributed by atoms with Gasteiger partial charge in [-0.3, -0.25) is 4.90 Å². The predicted octanol–water partition coefficient (Wildman–Crippen LogP) is 2.02. The van der Waals surface area contributed by atoms with Crippen molar-refractivity contribution in [1.29, 1.82) is 0 Å². The van der Waals surface area contributed by atoms with Crippen molar-refractivity contribution in [3.05, 3.63) is 17.1 Å². The summed E-state index contributed by atoms with van der Waals surface area (Å²) in [6.45, 7) is 10.9. The minimum Gasteiger partial charge on any atom is -0.379 e. The van der Waals surface area contributed by atoms with E-state index >= 15 is 0 Å². The van der Waals surface area contributed by atoms with Crippen LogP contribution < -0.4 is 5.32 Å². The maximum absolute atomic E-state index is 5.53. The highest BCUT2D eigenvalue weighted by atomic mass is 32.2. The van der Waals surface area contributed by atoms with Gasteiger partial charge < -0.3 is 10.1 Å². The summed E-state index contributed by atoms with van der Waals surface area (Å²) in [5.74, 6) is 4.28. The van der Waals surface area contributed by atoms with Crippen LogP contribution in [0.1, 0.15) is 23.5 Å². The lowest BCUT2D eigenvalue weighted by Crippen LogP contribution is -2.57. The molecule has 0 radical (unpaired) electrons. The molecular formula is C16H26N4OS. The highest BCUT2D eigenvalue weighted by Gasteiger charge is 2.40. The standard InChI is InChI=1S/C16H26N4OS/c1-12-13(2)18-14(3)19-15(12)17-10-16(4-9-22-11-16)20-5-7-21-8-6-20/h4-11H2,1-3H3,(H,17,18,19). The van der Waals surface area contributed by atoms with Crippen LogP contribution in [0, 0.1) is 20.8 Å². The zero-order chi connectivity index (χ0) is 15.6. The Balaban J connectivity index is 1.75. The molecule has 1 atom stereocenters. The number of aryl methyl sites for hydroxylation is 2. The third-order valence-corrected chi connectivity index (χ3v) is 6.08. The van der Waals surface area contributed by atoms with Gasteiger partial charge in [0.05, 0.1) is 13.2 Å². The number of rotatable bonds is 4. The first kappa shape index (κ1) is 16.0. The molecule has 2 fully saturated rings. The van der Waals surface area contributed by atoms with Crippen molar-refractivity contribution in [2.75, 3.05) is 49.7 Å². The van der Waals surface area contributed by atoms with Gasteiger partial charge in [-0.1, -0.05) is 0 Å². The van der Waals surface area contributed by atoms with Gasteiger partial charge in [-0.05, 0) is 32.9 Å². The van der Waals surface area contributed by atoms with Gasteiger partial charge in [-0.2, -0.15) is 11.8 Å². The van der Waals surface area contributed by atoms with Gasteiger partial charge in [-0.25, -0.2) is 9.97 Å². The van der Waals surface area contributed by atoms with Crippen LogP contribution in [0.4, 0.5) is 5.82 Å². The predicted molar refractivity (Wildman–Crippen MR) is 91.8 cm³/mol. The van der Waals surface area contributed by atoms with Gasteiger partial charge in [0.15, 0.2) is 0 Å². The van der Waals surface area contributed by atoms with Crippen molar-refractivity contribution in [2.45, 2.75) is 32.7 Å². The summed E-state index contributed by atoms with van der Waals surface area (Å²) < 4.78 is 5.53. The van der Waals surface area contributed by atoms with Crippen molar-refractivity contribution >= 4 is 17.6 Å². The van der Waals surface area contributed by atoms with Crippen LogP contribution >= 0.6 is 11.8 Å². The largest absolute Gasteiger partial charge is 0.379 e. The summed E-state index contributed by atoms with van der Waals surface area (Å²) in [5.41, 5.74) is 2.47. The van der Waals surface area contributed by atoms with Crippen LogP contribution in [0.25, 0.3) is 0 Å². The van der Waals surface area contributed by atoms with Crippen LogP contribution in [0.2, 0.25) is 0 Å². The number of nitrogens with one attached hydrogen (secondary N) is 1. The third-order valence-electron chi connectivity index (χ3n) is 4.85. The van der Waals surface area contributed by atoms with Crippen molar-refractivity contribution in [1.82, 2.24) is 14.9 Å². The fraction of sp³-hybridized carbons (Fsp3) is 0.750. The Kier molecular flexibility index (Phi) is 4.90. The molecule has 2 aliphatic rings. The van der Waals surface area contributed by atoms with E-state index < -0.39 is 0 Å². The molecule has 1 unspecified atom stereocenters. The van der Waals surface area contributed by atoms with E-state index in [0.717, 1.165) is 55.7 Å². The number of thioether (sulfide) groups is 1. The van der Waals surface area contributed by atoms with Crippen LogP contribution in [0.5, 0.6) is 0 Å². The van der Waals surface area contributed by atoms with Crippen LogP contribution in [0.3, 0.4) is 0 Å². The van der Waals surface area contributed by atoms with Gasteiger partial charge in [0.1, 0.15) is 11.6 Å². The van der Waals surface area contributed by atoms with Crippen LogP contribution in [-0.4, -0.2) is 64.8 Å². The van der Waals surface area contributed by atoms with E-state index in [0.29, 0.717) is 0 Å². The molecule has 0 spiro atoms. The average molecular weight is 322 g/mol. The van der Waals surface area contributed by atoms with Gasteiger partial charge in [-0.15, -0.1) is 0 Å². The lowest BCUT2D eigenvalue weighted by atomic mass is 9.95. The molecule has 122 valence electrons. The molecule has 3 heterocycles. The number of hydrogen-bond donors (Lipinski definition) is 1. The number of anilines is 1. The van der Waals surface area contributed by atoms with Gasteiger partial charge in [0.2, 0.25) is 0 Å². The first-order chi connectivity index (χ1) is 10.6. The van der Waals surface area contributed by atoms with Crippen molar-refractivity contribution in [3.8, 4) is 0 Å². The quantitative estimate of drug-likeness (QED) is 0.915. The zero-order valence-corrected chi connectivity index (χ0v) is 14.6. The number of aromatic nitrogens is 2. The summed E-state index contributed by atoms with van der Waals surface area (Å²) in [6, 6.07) is 0. The van der Waals surface area contributed by atoms with Gasteiger partial charge in [0.25, 0.3) is 0 Å². The minimum absolute atomic E-state index is 0.244. The Labute approximate surface area is 137 Å². The summed E-state index contributed by atoms with van der Waals surface area (Å²) in [7, 11) is 0. The lowest BCUT2D eigenvalue weighted by molar-refractivity contribution is -0.00923. The lowest BCUT2D eigenvalue weighted by Gasteiger charge is -2.43. The molecule has 6 heteroatoms. The van der Waals surface area contributed by atoms with E-state index in [2.05, 4.69) is 45.8 Å². The molecule has 0 amide bonds. The Morgan fingerprint density at radius 1 is 1.23 bits per heavy atom. The summed E-state index contributed by atoms with van der Waals surface area (Å²) in [5, 5.41) is 3.63. The van der Waals surface area contributed by atoms with Crippen LogP contribution in [-0.2, 0) is 4.74 Å². The molecule has 2 saturated heterocycles. The summed E-state index contributed by atoms with van der Waals surface area (Å²) in [4.78, 5) is 11.7. The number of hydrogen-bond acceptors (Lipinski definition) is 6. The topological polar surface area (TPSA) is 50.3 Å². The SMILES string of the molecule is Cc1nc(C)c(C)c(NCC2(N3CCOCC3)CCSC2)n1. The molecule has 0 aliphatic carbocycles. The molecule has 0 aromatic carbocycles. The van der Waals surface area contributed by atoms with E-state index in [1.54, 1.807) is 0 Å². The average Bonchev–Trinajstić information content (AvgIpc) is 3.00. The fourth-order valence-corrected chi connectivity index (χ4v) is 4.80. The maximum Gasteiger partial charge on any atom is 0.132 e. The van der Waals surface area contributed by atoms with Gasteiger partial charge >= 0.3 is 0 Å². The molecule has 1 aromatic rings. The molecule has 0 saturated carbocycles. The fourth-order valence-electron chi connectivity index (χ4n) is 3.32. The zero-order valence-electron chi connectivity index (χ0n) is 13.8. The third kappa shape index (κ3) is 3.24. The number of morpholine rings is 1. The molecule has 2 aliphatic heterocycles. The highest BCUT2D eigenvalue weighted by Crippen LogP contribution is 2.34. The summed E-state index contributed by atoms with van der Waals surface area (Å²) in [6.07, 6.45) is 1.24. The van der Waals surface area contributed by atoms with E-state index in [9.17, 15) is 0 Å². The second-order valence-electron chi connectivity index (χ2n) is 6.31. The van der Waals surface area contributed by atoms with E-state index in [1.165, 1.54) is 17.9 Å². The summed E-state index contributed by atoms with van der Waals surface area (Å²) >= 11 is 2.07. The van der Waals surface area contributed by atoms with Crippen LogP contribution in [0.15, 0.2) is 0 Å². The monoisotopic (exact) mass is 322 g/mol. The van der Waals surface area contributed by atoms with Crippen molar-refractivity contribution in [3.63, 3.8) is 0 Å². The normalized spacial score (nSPS) is 26.3. The second kappa shape index (κ2) is 6.72. The first-order valence-electron chi connectivity index (χ1n) is 8.07. The van der Waals surface area contributed by atoms with E-state index in [4.69, 9.17) is 4.74 Å². The molecule has 0 bridgehead atoms. The molecule has 3 rings (SSSR count).